The molecular weight excluding hydrogens is 813 g/mol. The Bertz CT molecular complexity index is 2370. The van der Waals surface area contributed by atoms with Gasteiger partial charge in [0.2, 0.25) is 17.7 Å². The minimum Gasteiger partial charge on any atom is -0.445 e. The number of carbonyl (C=O) groups excluding carboxylic acids is 5. The Kier molecular flexibility index (Phi) is 17.1. The average Bonchev–Trinajstić information content (AvgIpc) is 3.34. The highest BCUT2D eigenvalue weighted by Crippen LogP contribution is 2.37. The van der Waals surface area contributed by atoms with E-state index in [4.69, 9.17) is 4.74 Å². The molecule has 0 aliphatic heterocycles. The number of alkyl carbamates (subject to hydrolysis) is 1. The van der Waals surface area contributed by atoms with E-state index in [-0.39, 0.29) is 49.9 Å². The van der Waals surface area contributed by atoms with E-state index in [1.54, 1.807) is 30.3 Å². The number of hydrogen-bond acceptors (Lipinski definition) is 6. The smallest absolute Gasteiger partial charge is 0.408 e. The highest BCUT2D eigenvalue weighted by Gasteiger charge is 2.38. The molecule has 4 amide bonds. The summed E-state index contributed by atoms with van der Waals surface area (Å²) in [4.78, 5) is 69.3. The van der Waals surface area contributed by atoms with E-state index >= 15 is 0 Å². The largest absolute Gasteiger partial charge is 0.445 e. The Morgan fingerprint density at radius 1 is 0.554 bits per heavy atom. The van der Waals surface area contributed by atoms with Crippen molar-refractivity contribution in [2.75, 3.05) is 0 Å². The number of nitrogens with one attached hydrogen (secondary N) is 4. The van der Waals surface area contributed by atoms with Crippen LogP contribution in [0.4, 0.5) is 4.79 Å². The number of carbonyl (C=O) groups is 5. The second kappa shape index (κ2) is 23.7. The summed E-state index contributed by atoms with van der Waals surface area (Å²) < 4.78 is 5.44. The maximum atomic E-state index is 14.5. The van der Waals surface area contributed by atoms with Crippen LogP contribution in [0.5, 0.6) is 0 Å². The Morgan fingerprint density at radius 3 is 1.52 bits per heavy atom. The number of ketones is 1. The van der Waals surface area contributed by atoms with Gasteiger partial charge < -0.3 is 26.0 Å². The van der Waals surface area contributed by atoms with Crippen LogP contribution in [-0.4, -0.2) is 47.7 Å². The van der Waals surface area contributed by atoms with Crippen LogP contribution < -0.4 is 21.3 Å². The van der Waals surface area contributed by atoms with E-state index in [1.807, 2.05) is 172 Å². The van der Waals surface area contributed by atoms with Crippen molar-refractivity contribution in [3.63, 3.8) is 0 Å². The SMILES string of the molecule is CC(C)C[C@H](NC(=O)OCc1ccccc1)C(=O)N[C@@H](Cc1ccccc1)C(=O)N[C@H](/C=C/C(=O)c1ccccc1)CCC(=O)NC(c1ccccc1)(c1ccccc1)c1ccccc1. The molecular formula is C55H56N4O6. The first-order valence-electron chi connectivity index (χ1n) is 22.0. The van der Waals surface area contributed by atoms with E-state index < -0.39 is 41.6 Å². The predicted octanol–water partition coefficient (Wildman–Crippen LogP) is 8.87. The fraction of sp³-hybridized carbons (Fsp3) is 0.218. The molecule has 0 aliphatic rings. The van der Waals surface area contributed by atoms with Crippen molar-refractivity contribution < 1.29 is 28.7 Å². The molecule has 0 unspecified atom stereocenters. The van der Waals surface area contributed by atoms with Gasteiger partial charge in [0.15, 0.2) is 5.78 Å². The average molecular weight is 869 g/mol. The topological polar surface area (TPSA) is 143 Å². The van der Waals surface area contributed by atoms with Crippen molar-refractivity contribution in [2.45, 2.75) is 69.8 Å². The normalized spacial score (nSPS) is 12.7. The molecule has 0 aromatic heterocycles. The first-order valence-corrected chi connectivity index (χ1v) is 22.0. The number of allylic oxidation sites excluding steroid dienone is 1. The van der Waals surface area contributed by atoms with Gasteiger partial charge in [-0.2, -0.15) is 0 Å². The second-order valence-electron chi connectivity index (χ2n) is 16.3. The molecule has 0 radical (unpaired) electrons. The molecule has 332 valence electrons. The molecule has 65 heavy (non-hydrogen) atoms. The lowest BCUT2D eigenvalue weighted by molar-refractivity contribution is -0.130. The molecule has 0 saturated heterocycles. The van der Waals surface area contributed by atoms with Crippen molar-refractivity contribution in [2.24, 2.45) is 5.92 Å². The first-order chi connectivity index (χ1) is 31.6. The van der Waals surface area contributed by atoms with Gasteiger partial charge in [0.05, 0.1) is 0 Å². The van der Waals surface area contributed by atoms with Crippen molar-refractivity contribution in [3.05, 3.63) is 228 Å². The number of amides is 4. The van der Waals surface area contributed by atoms with Crippen LogP contribution in [0.3, 0.4) is 0 Å². The maximum absolute atomic E-state index is 14.5. The van der Waals surface area contributed by atoms with Crippen LogP contribution in [0.2, 0.25) is 0 Å². The fourth-order valence-electron chi connectivity index (χ4n) is 7.68. The number of benzene rings is 6. The first kappa shape index (κ1) is 46.9. The van der Waals surface area contributed by atoms with Crippen molar-refractivity contribution in [1.29, 1.82) is 0 Å². The maximum Gasteiger partial charge on any atom is 0.408 e. The minimum absolute atomic E-state index is 0.00815. The highest BCUT2D eigenvalue weighted by molar-refractivity contribution is 6.04. The van der Waals surface area contributed by atoms with Gasteiger partial charge in [0, 0.05) is 24.4 Å². The van der Waals surface area contributed by atoms with Crippen LogP contribution in [-0.2, 0) is 37.7 Å². The summed E-state index contributed by atoms with van der Waals surface area (Å²) in [6.45, 7) is 3.88. The van der Waals surface area contributed by atoms with Gasteiger partial charge >= 0.3 is 6.09 Å². The van der Waals surface area contributed by atoms with Gasteiger partial charge in [-0.05, 0) is 52.7 Å². The molecule has 6 rings (SSSR count). The molecule has 0 heterocycles. The van der Waals surface area contributed by atoms with Crippen LogP contribution in [0.15, 0.2) is 194 Å². The lowest BCUT2D eigenvalue weighted by Crippen LogP contribution is -2.55. The van der Waals surface area contributed by atoms with Gasteiger partial charge in [-0.1, -0.05) is 202 Å². The van der Waals surface area contributed by atoms with Crippen molar-refractivity contribution in [3.8, 4) is 0 Å². The Balaban J connectivity index is 1.25. The summed E-state index contributed by atoms with van der Waals surface area (Å²) >= 11 is 0. The van der Waals surface area contributed by atoms with E-state index in [0.717, 1.165) is 27.8 Å². The standard InChI is InChI=1S/C55H56N4O6/c1-40(2)37-48(58-54(64)65-39-42-23-11-4-12-24-42)53(63)57-49(38-41-21-9-3-10-22-41)52(62)56-47(33-35-50(60)43-25-13-5-14-26-43)34-36-51(61)59-55(44-27-15-6-16-28-44,45-29-17-7-18-30-45)46-31-19-8-20-32-46/h3-33,35,40,47-49H,34,36-39H2,1-2H3,(H,56,62)(H,57,63)(H,58,64)(H,59,61)/b35-33+/t47-,48+,49+/m1/s1. The number of rotatable bonds is 21. The Morgan fingerprint density at radius 2 is 1.02 bits per heavy atom. The highest BCUT2D eigenvalue weighted by atomic mass is 16.5. The summed E-state index contributed by atoms with van der Waals surface area (Å²) in [6.07, 6.45) is 2.71. The lowest BCUT2D eigenvalue weighted by atomic mass is 9.77. The summed E-state index contributed by atoms with van der Waals surface area (Å²) in [7, 11) is 0. The second-order valence-corrected chi connectivity index (χ2v) is 16.3. The number of hydrogen-bond donors (Lipinski definition) is 4. The van der Waals surface area contributed by atoms with Gasteiger partial charge in [-0.15, -0.1) is 0 Å². The van der Waals surface area contributed by atoms with E-state index in [2.05, 4.69) is 21.3 Å². The van der Waals surface area contributed by atoms with Crippen molar-refractivity contribution in [1.82, 2.24) is 21.3 Å². The van der Waals surface area contributed by atoms with Crippen molar-refractivity contribution >= 4 is 29.6 Å². The molecule has 0 saturated carbocycles. The van der Waals surface area contributed by atoms with Crippen LogP contribution in [0, 0.1) is 5.92 Å². The summed E-state index contributed by atoms with van der Waals surface area (Å²) in [5.41, 5.74) is 3.56. The monoisotopic (exact) mass is 868 g/mol. The minimum atomic E-state index is -1.10. The molecule has 4 N–H and O–H groups in total. The van der Waals surface area contributed by atoms with E-state index in [9.17, 15) is 24.0 Å². The third kappa shape index (κ3) is 13.7. The van der Waals surface area contributed by atoms with Gasteiger partial charge in [-0.3, -0.25) is 19.2 Å². The molecule has 0 fully saturated rings. The zero-order chi connectivity index (χ0) is 45.9. The van der Waals surface area contributed by atoms with E-state index in [0.29, 0.717) is 5.56 Å². The van der Waals surface area contributed by atoms with Crippen LogP contribution in [0.25, 0.3) is 0 Å². The summed E-state index contributed by atoms with van der Waals surface area (Å²) in [5.74, 6) is -1.66. The van der Waals surface area contributed by atoms with Gasteiger partial charge in [0.1, 0.15) is 24.2 Å². The molecule has 0 aliphatic carbocycles. The van der Waals surface area contributed by atoms with Crippen LogP contribution >= 0.6 is 0 Å². The molecule has 0 spiro atoms. The summed E-state index contributed by atoms with van der Waals surface area (Å²) in [6, 6.07) is 53.6. The quantitative estimate of drug-likeness (QED) is 0.0324. The molecule has 10 nitrogen and oxygen atoms in total. The summed E-state index contributed by atoms with van der Waals surface area (Å²) in [5, 5.41) is 12.0. The third-order valence-electron chi connectivity index (χ3n) is 10.9. The van der Waals surface area contributed by atoms with Crippen LogP contribution in [0.1, 0.15) is 71.3 Å². The van der Waals surface area contributed by atoms with Gasteiger partial charge in [-0.25, -0.2) is 4.79 Å². The Hall–Kier alpha value is -7.59. The van der Waals surface area contributed by atoms with E-state index in [1.165, 1.54) is 6.08 Å². The Labute approximate surface area is 381 Å². The zero-order valence-corrected chi connectivity index (χ0v) is 36.8. The van der Waals surface area contributed by atoms with Gasteiger partial charge in [0.25, 0.3) is 0 Å². The molecule has 6 aromatic carbocycles. The third-order valence-corrected chi connectivity index (χ3v) is 10.9. The molecule has 10 heteroatoms. The fourth-order valence-corrected chi connectivity index (χ4v) is 7.68. The number of ether oxygens (including phenoxy) is 1. The predicted molar refractivity (Wildman–Crippen MR) is 254 cm³/mol. The molecule has 3 atom stereocenters. The molecule has 6 aromatic rings. The lowest BCUT2D eigenvalue weighted by Gasteiger charge is -2.37. The molecule has 0 bridgehead atoms. The zero-order valence-electron chi connectivity index (χ0n) is 36.8.